The Labute approximate surface area is 99.4 Å². The van der Waals surface area contributed by atoms with Crippen molar-refractivity contribution in [3.63, 3.8) is 0 Å². The molecule has 0 bridgehead atoms. The van der Waals surface area contributed by atoms with Crippen LogP contribution in [0, 0.1) is 0 Å². The fourth-order valence-corrected chi connectivity index (χ4v) is 1.65. The molecular weight excluding hydrogens is 232 g/mol. The third-order valence-corrected chi connectivity index (χ3v) is 2.36. The SMILES string of the molecule is Cl.O=C(Cn1cnnn1)N[C@H]1CCCNC1. The second-order valence-corrected chi connectivity index (χ2v) is 3.62. The number of amides is 1. The Morgan fingerprint density at radius 3 is 3.12 bits per heavy atom. The number of rotatable bonds is 3. The fourth-order valence-electron chi connectivity index (χ4n) is 1.65. The average Bonchev–Trinajstić information content (AvgIpc) is 2.71. The van der Waals surface area contributed by atoms with E-state index in [1.165, 1.54) is 11.0 Å². The van der Waals surface area contributed by atoms with Gasteiger partial charge in [0.25, 0.3) is 0 Å². The molecule has 0 saturated carbocycles. The standard InChI is InChI=1S/C8H14N6O.ClH/c15-8(5-14-6-10-12-13-14)11-7-2-1-3-9-4-7;/h6-7,9H,1-5H2,(H,11,15);1H/t7-;/m0./s1. The van der Waals surface area contributed by atoms with Crippen molar-refractivity contribution >= 4 is 18.3 Å². The Balaban J connectivity index is 0.00000128. The number of piperidine rings is 1. The van der Waals surface area contributed by atoms with E-state index in [4.69, 9.17) is 0 Å². The summed E-state index contributed by atoms with van der Waals surface area (Å²) < 4.78 is 1.41. The Kier molecular flexibility index (Phi) is 5.13. The first-order valence-electron chi connectivity index (χ1n) is 5.05. The van der Waals surface area contributed by atoms with Crippen LogP contribution in [0.25, 0.3) is 0 Å². The average molecular weight is 247 g/mol. The highest BCUT2D eigenvalue weighted by Crippen LogP contribution is 2.00. The number of carbonyl (C=O) groups is 1. The molecule has 0 aromatic carbocycles. The summed E-state index contributed by atoms with van der Waals surface area (Å²) in [5, 5.41) is 16.7. The minimum Gasteiger partial charge on any atom is -0.350 e. The Morgan fingerprint density at radius 1 is 1.62 bits per heavy atom. The van der Waals surface area contributed by atoms with Crippen LogP contribution in [0.4, 0.5) is 0 Å². The zero-order valence-corrected chi connectivity index (χ0v) is 9.61. The Bertz CT molecular complexity index is 310. The van der Waals surface area contributed by atoms with Gasteiger partial charge in [-0.3, -0.25) is 4.79 Å². The van der Waals surface area contributed by atoms with Crippen molar-refractivity contribution in [2.24, 2.45) is 0 Å². The van der Waals surface area contributed by atoms with E-state index in [0.717, 1.165) is 25.9 Å². The maximum atomic E-state index is 11.5. The van der Waals surface area contributed by atoms with Gasteiger partial charge in [-0.15, -0.1) is 17.5 Å². The fraction of sp³-hybridized carbons (Fsp3) is 0.750. The Hall–Kier alpha value is -1.21. The van der Waals surface area contributed by atoms with Crippen LogP contribution >= 0.6 is 12.4 Å². The van der Waals surface area contributed by atoms with Crippen molar-refractivity contribution in [3.05, 3.63) is 6.33 Å². The van der Waals surface area contributed by atoms with Crippen LogP contribution in [-0.4, -0.2) is 45.2 Å². The maximum Gasteiger partial charge on any atom is 0.242 e. The summed E-state index contributed by atoms with van der Waals surface area (Å²) in [6, 6.07) is 0.239. The Morgan fingerprint density at radius 2 is 2.50 bits per heavy atom. The van der Waals surface area contributed by atoms with Gasteiger partial charge in [0.2, 0.25) is 5.91 Å². The molecule has 1 fully saturated rings. The molecule has 1 saturated heterocycles. The van der Waals surface area contributed by atoms with E-state index in [2.05, 4.69) is 26.2 Å². The summed E-state index contributed by atoms with van der Waals surface area (Å²) in [7, 11) is 0. The number of halogens is 1. The molecule has 0 aliphatic carbocycles. The molecular formula is C8H15ClN6O. The highest BCUT2D eigenvalue weighted by Gasteiger charge is 2.15. The zero-order chi connectivity index (χ0) is 10.5. The van der Waals surface area contributed by atoms with Crippen molar-refractivity contribution in [1.82, 2.24) is 30.8 Å². The number of aromatic nitrogens is 4. The molecule has 1 aliphatic heterocycles. The van der Waals surface area contributed by atoms with Crippen LogP contribution in [0.2, 0.25) is 0 Å². The second kappa shape index (κ2) is 6.39. The van der Waals surface area contributed by atoms with Crippen LogP contribution in [0.1, 0.15) is 12.8 Å². The molecule has 0 radical (unpaired) electrons. The normalized spacial score (nSPS) is 19.9. The molecule has 0 spiro atoms. The largest absolute Gasteiger partial charge is 0.350 e. The van der Waals surface area contributed by atoms with Crippen LogP contribution in [0.15, 0.2) is 6.33 Å². The molecule has 1 aromatic heterocycles. The molecule has 1 amide bonds. The molecule has 7 nitrogen and oxygen atoms in total. The van der Waals surface area contributed by atoms with Crippen molar-refractivity contribution in [2.75, 3.05) is 13.1 Å². The summed E-state index contributed by atoms with van der Waals surface area (Å²) in [4.78, 5) is 11.5. The topological polar surface area (TPSA) is 84.7 Å². The lowest BCUT2D eigenvalue weighted by Gasteiger charge is -2.23. The number of tetrazole rings is 1. The van der Waals surface area contributed by atoms with Gasteiger partial charge in [0, 0.05) is 12.6 Å². The molecule has 2 heterocycles. The van der Waals surface area contributed by atoms with Gasteiger partial charge >= 0.3 is 0 Å². The molecule has 2 rings (SSSR count). The minimum absolute atomic E-state index is 0. The maximum absolute atomic E-state index is 11.5. The van der Waals surface area contributed by atoms with E-state index in [1.54, 1.807) is 0 Å². The van der Waals surface area contributed by atoms with E-state index >= 15 is 0 Å². The summed E-state index contributed by atoms with van der Waals surface area (Å²) >= 11 is 0. The van der Waals surface area contributed by atoms with E-state index in [1.807, 2.05) is 0 Å². The van der Waals surface area contributed by atoms with Gasteiger partial charge in [-0.05, 0) is 29.8 Å². The third kappa shape index (κ3) is 3.74. The van der Waals surface area contributed by atoms with E-state index in [-0.39, 0.29) is 30.9 Å². The van der Waals surface area contributed by atoms with Crippen LogP contribution < -0.4 is 10.6 Å². The predicted molar refractivity (Wildman–Crippen MR) is 59.1 cm³/mol. The number of nitrogens with one attached hydrogen (secondary N) is 2. The summed E-state index contributed by atoms with van der Waals surface area (Å²) in [5.74, 6) is -0.0454. The molecule has 90 valence electrons. The van der Waals surface area contributed by atoms with E-state index in [0.29, 0.717) is 0 Å². The van der Waals surface area contributed by atoms with Gasteiger partial charge in [-0.2, -0.15) is 0 Å². The van der Waals surface area contributed by atoms with Crippen LogP contribution in [0.5, 0.6) is 0 Å². The zero-order valence-electron chi connectivity index (χ0n) is 8.80. The number of hydrogen-bond acceptors (Lipinski definition) is 5. The number of nitrogens with zero attached hydrogens (tertiary/aromatic N) is 4. The summed E-state index contributed by atoms with van der Waals surface area (Å²) in [5.41, 5.74) is 0. The summed E-state index contributed by atoms with van der Waals surface area (Å²) in [6.07, 6.45) is 3.57. The first kappa shape index (κ1) is 12.9. The first-order chi connectivity index (χ1) is 7.34. The van der Waals surface area contributed by atoms with Gasteiger partial charge in [-0.1, -0.05) is 0 Å². The molecule has 1 atom stereocenters. The van der Waals surface area contributed by atoms with Crippen molar-refractivity contribution in [2.45, 2.75) is 25.4 Å². The van der Waals surface area contributed by atoms with Crippen molar-refractivity contribution in [3.8, 4) is 0 Å². The number of hydrogen-bond donors (Lipinski definition) is 2. The van der Waals surface area contributed by atoms with Gasteiger partial charge in [0.1, 0.15) is 12.9 Å². The minimum atomic E-state index is -0.0454. The van der Waals surface area contributed by atoms with Crippen molar-refractivity contribution < 1.29 is 4.79 Å². The van der Waals surface area contributed by atoms with Crippen LogP contribution in [0.3, 0.4) is 0 Å². The van der Waals surface area contributed by atoms with Gasteiger partial charge in [0.15, 0.2) is 0 Å². The molecule has 0 unspecified atom stereocenters. The van der Waals surface area contributed by atoms with Gasteiger partial charge in [-0.25, -0.2) is 4.68 Å². The molecule has 1 aliphatic rings. The third-order valence-electron chi connectivity index (χ3n) is 2.36. The highest BCUT2D eigenvalue weighted by atomic mass is 35.5. The molecule has 1 aromatic rings. The lowest BCUT2D eigenvalue weighted by molar-refractivity contribution is -0.122. The lowest BCUT2D eigenvalue weighted by Crippen LogP contribution is -2.46. The van der Waals surface area contributed by atoms with Gasteiger partial charge < -0.3 is 10.6 Å². The highest BCUT2D eigenvalue weighted by molar-refractivity contribution is 5.85. The summed E-state index contributed by atoms with van der Waals surface area (Å²) in [6.45, 7) is 2.07. The van der Waals surface area contributed by atoms with Crippen LogP contribution in [-0.2, 0) is 11.3 Å². The smallest absolute Gasteiger partial charge is 0.242 e. The lowest BCUT2D eigenvalue weighted by atomic mass is 10.1. The van der Waals surface area contributed by atoms with Crippen molar-refractivity contribution in [1.29, 1.82) is 0 Å². The molecule has 2 N–H and O–H groups in total. The predicted octanol–water partition coefficient (Wildman–Crippen LogP) is -1.04. The monoisotopic (exact) mass is 246 g/mol. The first-order valence-corrected chi connectivity index (χ1v) is 5.05. The van der Waals surface area contributed by atoms with E-state index in [9.17, 15) is 4.79 Å². The quantitative estimate of drug-likeness (QED) is 0.712. The molecule has 16 heavy (non-hydrogen) atoms. The number of carbonyl (C=O) groups excluding carboxylic acids is 1. The molecule has 8 heteroatoms. The van der Waals surface area contributed by atoms with E-state index < -0.39 is 0 Å². The second-order valence-electron chi connectivity index (χ2n) is 3.62. The van der Waals surface area contributed by atoms with Gasteiger partial charge in [0.05, 0.1) is 0 Å².